The Morgan fingerprint density at radius 1 is 0.880 bits per heavy atom. The summed E-state index contributed by atoms with van der Waals surface area (Å²) >= 11 is 0. The van der Waals surface area contributed by atoms with Gasteiger partial charge >= 0.3 is 5.97 Å². The summed E-state index contributed by atoms with van der Waals surface area (Å²) in [6.45, 7) is 2.47. The molecule has 1 heterocycles. The van der Waals surface area contributed by atoms with E-state index in [0.717, 1.165) is 38.5 Å². The third kappa shape index (κ3) is 21.6. The number of carbonyl (C=O) groups excluding carboxylic acids is 2. The fourth-order valence-corrected chi connectivity index (χ4v) is 5.12. The quantitative estimate of drug-likeness (QED) is 0.0324. The summed E-state index contributed by atoms with van der Waals surface area (Å²) < 4.78 is 20.9. The molecular formula is C35H69NO14. The minimum Gasteiger partial charge on any atom is -0.458 e. The highest BCUT2D eigenvalue weighted by atomic mass is 16.7. The average molecular weight is 728 g/mol. The number of nitrogens with one attached hydrogen (secondary N) is 1. The average Bonchev–Trinajstić information content (AvgIpc) is 3.10. The molecule has 15 nitrogen and oxygen atoms in total. The predicted octanol–water partition coefficient (Wildman–Crippen LogP) is 0.842. The highest BCUT2D eigenvalue weighted by Crippen LogP contribution is 2.21. The summed E-state index contributed by atoms with van der Waals surface area (Å²) in [6, 6.07) is 0. The van der Waals surface area contributed by atoms with Crippen molar-refractivity contribution in [2.24, 2.45) is 0 Å². The van der Waals surface area contributed by atoms with Crippen molar-refractivity contribution in [3.63, 3.8) is 0 Å². The summed E-state index contributed by atoms with van der Waals surface area (Å²) in [6.07, 6.45) is 4.18. The van der Waals surface area contributed by atoms with Gasteiger partial charge in [-0.1, -0.05) is 70.4 Å². The lowest BCUT2D eigenvalue weighted by atomic mass is 10.0. The first-order valence-corrected chi connectivity index (χ1v) is 18.2. The van der Waals surface area contributed by atoms with E-state index in [2.05, 4.69) is 24.4 Å². The van der Waals surface area contributed by atoms with Crippen molar-refractivity contribution < 1.29 is 70.8 Å². The van der Waals surface area contributed by atoms with Gasteiger partial charge in [0.25, 0.3) is 5.91 Å². The van der Waals surface area contributed by atoms with Crippen molar-refractivity contribution in [3.8, 4) is 0 Å². The second kappa shape index (κ2) is 30.8. The fraction of sp³-hybridized carbons (Fsp3) is 0.886. The summed E-state index contributed by atoms with van der Waals surface area (Å²) in [5, 5.41) is 80.0. The first kappa shape index (κ1) is 48.2. The van der Waals surface area contributed by atoms with Gasteiger partial charge in [0.1, 0.15) is 42.7 Å². The predicted molar refractivity (Wildman–Crippen MR) is 187 cm³/mol. The molecular weight excluding hydrogens is 658 g/mol. The molecule has 0 aliphatic carbocycles. The molecule has 6 unspecified atom stereocenters. The van der Waals surface area contributed by atoms with Crippen molar-refractivity contribution in [2.75, 3.05) is 40.1 Å². The molecule has 1 amide bonds. The van der Waals surface area contributed by atoms with Gasteiger partial charge in [-0.15, -0.1) is 0 Å². The van der Waals surface area contributed by atoms with Gasteiger partial charge in [0.15, 0.2) is 12.4 Å². The van der Waals surface area contributed by atoms with Crippen LogP contribution in [0, 0.1) is 0 Å². The van der Waals surface area contributed by atoms with E-state index in [1.165, 1.54) is 45.6 Å². The van der Waals surface area contributed by atoms with Crippen molar-refractivity contribution in [3.05, 3.63) is 12.2 Å². The zero-order valence-electron chi connectivity index (χ0n) is 30.3. The molecule has 1 fully saturated rings. The molecule has 15 heteroatoms. The second-order valence-electron chi connectivity index (χ2n) is 12.5. The van der Waals surface area contributed by atoms with Crippen LogP contribution in [0.3, 0.4) is 0 Å². The molecule has 0 aromatic heterocycles. The number of esters is 1. The number of rotatable bonds is 27. The molecule has 9 atom stereocenters. The Labute approximate surface area is 299 Å². The highest BCUT2D eigenvalue weighted by Gasteiger charge is 2.44. The number of amides is 1. The van der Waals surface area contributed by atoms with E-state index >= 15 is 0 Å². The van der Waals surface area contributed by atoms with Crippen LogP contribution in [0.1, 0.15) is 105 Å². The number of aliphatic hydroxyl groups is 8. The van der Waals surface area contributed by atoms with Gasteiger partial charge in [-0.2, -0.15) is 0 Å². The minimum absolute atomic E-state index is 0. The van der Waals surface area contributed by atoms with Crippen LogP contribution in [0.2, 0.25) is 0 Å². The Kier molecular flexibility index (Phi) is 29.7. The minimum atomic E-state index is -2.19. The first-order valence-electron chi connectivity index (χ1n) is 18.2. The Bertz CT molecular complexity index is 872. The maximum absolute atomic E-state index is 12.6. The van der Waals surface area contributed by atoms with Gasteiger partial charge in [-0.3, -0.25) is 9.59 Å². The smallest absolute Gasteiger partial charge is 0.306 e. The van der Waals surface area contributed by atoms with Gasteiger partial charge < -0.3 is 65.1 Å². The lowest BCUT2D eigenvalue weighted by Crippen LogP contribution is -2.59. The van der Waals surface area contributed by atoms with E-state index in [4.69, 9.17) is 24.1 Å². The zero-order chi connectivity index (χ0) is 37.7. The molecule has 1 aliphatic rings. The van der Waals surface area contributed by atoms with E-state index < -0.39 is 80.2 Å². The molecule has 1 saturated heterocycles. The number of hydrogen-bond acceptors (Lipinski definition) is 14. The van der Waals surface area contributed by atoms with Crippen molar-refractivity contribution in [1.29, 1.82) is 0 Å². The van der Waals surface area contributed by atoms with E-state index in [1.807, 2.05) is 0 Å². The lowest BCUT2D eigenvalue weighted by Gasteiger charge is -2.39. The monoisotopic (exact) mass is 727 g/mol. The topological polar surface area (TPSA) is 245 Å². The van der Waals surface area contributed by atoms with Crippen LogP contribution in [0.15, 0.2) is 12.2 Å². The Morgan fingerprint density at radius 2 is 1.44 bits per heavy atom. The number of ether oxygens (including phenoxy) is 4. The van der Waals surface area contributed by atoms with Crippen LogP contribution in [0.5, 0.6) is 0 Å². The summed E-state index contributed by atoms with van der Waals surface area (Å²) in [7, 11) is 1.39. The molecule has 0 radical (unpaired) electrons. The summed E-state index contributed by atoms with van der Waals surface area (Å²) in [5.41, 5.74) is 0. The molecule has 0 spiro atoms. The second-order valence-corrected chi connectivity index (χ2v) is 12.5. The number of allylic oxidation sites excluding steroid dienone is 2. The van der Waals surface area contributed by atoms with Crippen LogP contribution in [0.4, 0.5) is 0 Å². The van der Waals surface area contributed by atoms with Gasteiger partial charge in [0, 0.05) is 21.6 Å². The third-order valence-corrected chi connectivity index (χ3v) is 8.04. The van der Waals surface area contributed by atoms with Crippen molar-refractivity contribution in [2.45, 2.75) is 159 Å². The zero-order valence-corrected chi connectivity index (χ0v) is 30.3. The van der Waals surface area contributed by atoms with Gasteiger partial charge in [0.2, 0.25) is 0 Å². The van der Waals surface area contributed by atoms with E-state index in [-0.39, 0.29) is 27.6 Å². The maximum atomic E-state index is 12.6. The first-order chi connectivity index (χ1) is 24.0. The van der Waals surface area contributed by atoms with Crippen molar-refractivity contribution in [1.82, 2.24) is 5.32 Å². The van der Waals surface area contributed by atoms with Crippen LogP contribution in [-0.4, -0.2) is 148 Å². The lowest BCUT2D eigenvalue weighted by molar-refractivity contribution is -0.302. The fourth-order valence-electron chi connectivity index (χ4n) is 5.12. The van der Waals surface area contributed by atoms with Crippen LogP contribution < -0.4 is 5.32 Å². The largest absolute Gasteiger partial charge is 0.458 e. The molecule has 9 N–H and O–H groups in total. The Hall–Kier alpha value is -1.76. The van der Waals surface area contributed by atoms with Gasteiger partial charge in [-0.25, -0.2) is 0 Å². The Morgan fingerprint density at radius 3 is 2.00 bits per heavy atom. The molecule has 0 aromatic carbocycles. The number of carbonyl (C=O) groups is 2. The standard InChI is InChI=1S/C33H61NO13.C2H6O.H2/c1-3-4-5-6-7-8-9-10-11-12-13-14-15-16-17-18-26(38)46-23(21-44-2)19-34-32(43)29(41)28(40)31(24(36)20-35)47-33-30(42)27(39)25(37)22-45-33;1-2-3;/h10-11,23-25,27-31,33,35-37,39-42H,3-9,12-22H2,1-2H3,(H,34,43);3H,2H2,1H3;1H/b11-10+;;/t23?,24?,25-,27?,28?,29?,30-,31?,33-;;/m1../s1. The number of unbranched alkanes of at least 4 members (excludes halogenated alkanes) is 11. The van der Waals surface area contributed by atoms with E-state index in [1.54, 1.807) is 6.92 Å². The van der Waals surface area contributed by atoms with Crippen LogP contribution in [0.25, 0.3) is 0 Å². The third-order valence-electron chi connectivity index (χ3n) is 8.04. The number of methoxy groups -OCH3 is 1. The van der Waals surface area contributed by atoms with Crippen LogP contribution >= 0.6 is 0 Å². The van der Waals surface area contributed by atoms with E-state index in [9.17, 15) is 45.3 Å². The molecule has 0 aromatic rings. The van der Waals surface area contributed by atoms with Gasteiger partial charge in [-0.05, 0) is 39.0 Å². The number of hydrogen-bond donors (Lipinski definition) is 9. The highest BCUT2D eigenvalue weighted by molar-refractivity contribution is 5.81. The maximum Gasteiger partial charge on any atom is 0.306 e. The van der Waals surface area contributed by atoms with Crippen molar-refractivity contribution >= 4 is 11.9 Å². The molecule has 50 heavy (non-hydrogen) atoms. The van der Waals surface area contributed by atoms with Gasteiger partial charge in [0.05, 0.1) is 26.4 Å². The molecule has 0 saturated carbocycles. The molecule has 1 aliphatic heterocycles. The summed E-state index contributed by atoms with van der Waals surface area (Å²) in [4.78, 5) is 25.0. The SMILES string of the molecule is CCCCCCCC/C=C/CCCCCCCC(=O)OC(CNC(=O)C(O)C(O)C(O[C@H]1OC[C@@H](O)C(O)[C@H]1O)C(O)CO)COC.CCO.[HH]. The normalized spacial score (nSPS) is 22.2. The number of aliphatic hydroxyl groups excluding tert-OH is 8. The molecule has 1 rings (SSSR count). The molecule has 0 bridgehead atoms. The van der Waals surface area contributed by atoms with E-state index in [0.29, 0.717) is 6.42 Å². The molecule has 298 valence electrons. The van der Waals surface area contributed by atoms with Crippen LogP contribution in [-0.2, 0) is 28.5 Å². The Balaban J connectivity index is 0. The summed E-state index contributed by atoms with van der Waals surface area (Å²) in [5.74, 6) is -1.57.